The molecule has 1 saturated heterocycles. The highest BCUT2D eigenvalue weighted by Gasteiger charge is 2.30. The molecule has 1 aliphatic heterocycles. The lowest BCUT2D eigenvalue weighted by molar-refractivity contribution is 0.177. The summed E-state index contributed by atoms with van der Waals surface area (Å²) in [4.78, 5) is 0. The van der Waals surface area contributed by atoms with Gasteiger partial charge in [-0.05, 0) is 44.3 Å². The molecule has 0 atom stereocenters. The molecule has 0 bridgehead atoms. The Morgan fingerprint density at radius 3 is 2.46 bits per heavy atom. The van der Waals surface area contributed by atoms with E-state index < -0.39 is 0 Å². The Hall–Kier alpha value is -0.0800. The van der Waals surface area contributed by atoms with E-state index in [-0.39, 0.29) is 0 Å². The summed E-state index contributed by atoms with van der Waals surface area (Å²) in [6.45, 7) is 9.26. The van der Waals surface area contributed by atoms with Crippen LogP contribution in [0.5, 0.6) is 0 Å². The molecule has 2 heteroatoms. The van der Waals surface area contributed by atoms with E-state index in [4.69, 9.17) is 0 Å². The molecule has 78 valence electrons. The van der Waals surface area contributed by atoms with E-state index in [9.17, 15) is 0 Å². The maximum atomic E-state index is 3.52. The number of hydrogen-bond donors (Lipinski definition) is 2. The summed E-state index contributed by atoms with van der Waals surface area (Å²) in [5.74, 6) is 0. The van der Waals surface area contributed by atoms with Gasteiger partial charge in [-0.3, -0.25) is 0 Å². The van der Waals surface area contributed by atoms with Crippen LogP contribution in [0.3, 0.4) is 0 Å². The van der Waals surface area contributed by atoms with Gasteiger partial charge in [-0.2, -0.15) is 0 Å². The molecular formula is C11H24N2. The highest BCUT2D eigenvalue weighted by Crippen LogP contribution is 2.32. The first-order valence-corrected chi connectivity index (χ1v) is 5.74. The van der Waals surface area contributed by atoms with Crippen LogP contribution >= 0.6 is 0 Å². The van der Waals surface area contributed by atoms with Gasteiger partial charge in [0.05, 0.1) is 0 Å². The summed E-state index contributed by atoms with van der Waals surface area (Å²) in [6, 6.07) is 0. The van der Waals surface area contributed by atoms with Crippen molar-refractivity contribution in [1.29, 1.82) is 0 Å². The Morgan fingerprint density at radius 1 is 1.23 bits per heavy atom. The Kier molecular flexibility index (Phi) is 4.74. The molecule has 0 unspecified atom stereocenters. The lowest BCUT2D eigenvalue weighted by Gasteiger charge is -2.37. The number of hydrogen-bond acceptors (Lipinski definition) is 2. The van der Waals surface area contributed by atoms with Crippen molar-refractivity contribution in [1.82, 2.24) is 10.6 Å². The SMILES string of the molecule is CCCC1(CNCC)CCNCC1. The van der Waals surface area contributed by atoms with Gasteiger partial charge in [-0.25, -0.2) is 0 Å². The minimum atomic E-state index is 0.607. The summed E-state index contributed by atoms with van der Waals surface area (Å²) in [5, 5.41) is 6.96. The maximum Gasteiger partial charge on any atom is 0.000864 e. The lowest BCUT2D eigenvalue weighted by Crippen LogP contribution is -2.43. The van der Waals surface area contributed by atoms with Crippen LogP contribution in [0.4, 0.5) is 0 Å². The van der Waals surface area contributed by atoms with E-state index >= 15 is 0 Å². The topological polar surface area (TPSA) is 24.1 Å². The normalized spacial score (nSPS) is 21.7. The fourth-order valence-corrected chi connectivity index (χ4v) is 2.39. The predicted molar refractivity (Wildman–Crippen MR) is 58.0 cm³/mol. The van der Waals surface area contributed by atoms with E-state index in [0.29, 0.717) is 5.41 Å². The number of rotatable bonds is 5. The molecule has 2 nitrogen and oxygen atoms in total. The minimum absolute atomic E-state index is 0.607. The van der Waals surface area contributed by atoms with Crippen molar-refractivity contribution in [3.8, 4) is 0 Å². The van der Waals surface area contributed by atoms with Gasteiger partial charge in [0.1, 0.15) is 0 Å². The second kappa shape index (κ2) is 5.61. The first-order valence-electron chi connectivity index (χ1n) is 5.74. The van der Waals surface area contributed by atoms with Gasteiger partial charge in [0.25, 0.3) is 0 Å². The lowest BCUT2D eigenvalue weighted by atomic mass is 9.75. The molecule has 0 saturated carbocycles. The smallest absolute Gasteiger partial charge is 0.000864 e. The standard InChI is InChI=1S/C11H24N2/c1-3-5-11(10-12-4-2)6-8-13-9-7-11/h12-13H,3-10H2,1-2H3. The number of piperidine rings is 1. The molecule has 0 aromatic rings. The van der Waals surface area contributed by atoms with Crippen LogP contribution in [-0.4, -0.2) is 26.2 Å². The molecule has 1 aliphatic rings. The predicted octanol–water partition coefficient (Wildman–Crippen LogP) is 1.77. The molecule has 0 aliphatic carbocycles. The van der Waals surface area contributed by atoms with E-state index in [2.05, 4.69) is 24.5 Å². The summed E-state index contributed by atoms with van der Waals surface area (Å²) in [5.41, 5.74) is 0.607. The zero-order chi connectivity index (χ0) is 9.57. The summed E-state index contributed by atoms with van der Waals surface area (Å²) in [6.07, 6.45) is 5.43. The van der Waals surface area contributed by atoms with Crippen molar-refractivity contribution in [2.45, 2.75) is 39.5 Å². The first-order chi connectivity index (χ1) is 6.33. The van der Waals surface area contributed by atoms with Gasteiger partial charge >= 0.3 is 0 Å². The van der Waals surface area contributed by atoms with Crippen LogP contribution in [0, 0.1) is 5.41 Å². The van der Waals surface area contributed by atoms with E-state index in [0.717, 1.165) is 6.54 Å². The van der Waals surface area contributed by atoms with Gasteiger partial charge in [0, 0.05) is 6.54 Å². The molecular weight excluding hydrogens is 160 g/mol. The third-order valence-corrected chi connectivity index (χ3v) is 3.19. The fraction of sp³-hybridized carbons (Fsp3) is 1.00. The average molecular weight is 184 g/mol. The average Bonchev–Trinajstić information content (AvgIpc) is 2.17. The molecule has 0 spiro atoms. The highest BCUT2D eigenvalue weighted by atomic mass is 14.9. The monoisotopic (exact) mass is 184 g/mol. The Labute approximate surface area is 82.5 Å². The third kappa shape index (κ3) is 3.28. The van der Waals surface area contributed by atoms with E-state index in [1.165, 1.54) is 45.3 Å². The van der Waals surface area contributed by atoms with Crippen molar-refractivity contribution in [2.75, 3.05) is 26.2 Å². The van der Waals surface area contributed by atoms with Crippen LogP contribution in [0.25, 0.3) is 0 Å². The van der Waals surface area contributed by atoms with Crippen molar-refractivity contribution in [3.05, 3.63) is 0 Å². The molecule has 0 aromatic heterocycles. The van der Waals surface area contributed by atoms with Gasteiger partial charge < -0.3 is 10.6 Å². The van der Waals surface area contributed by atoms with Gasteiger partial charge in [0.15, 0.2) is 0 Å². The van der Waals surface area contributed by atoms with E-state index in [1.54, 1.807) is 0 Å². The molecule has 0 radical (unpaired) electrons. The molecule has 1 rings (SSSR count). The number of nitrogens with one attached hydrogen (secondary N) is 2. The highest BCUT2D eigenvalue weighted by molar-refractivity contribution is 4.85. The second-order valence-electron chi connectivity index (χ2n) is 4.28. The zero-order valence-electron chi connectivity index (χ0n) is 9.16. The van der Waals surface area contributed by atoms with E-state index in [1.807, 2.05) is 0 Å². The van der Waals surface area contributed by atoms with Gasteiger partial charge in [0.2, 0.25) is 0 Å². The molecule has 1 heterocycles. The summed E-state index contributed by atoms with van der Waals surface area (Å²) >= 11 is 0. The molecule has 0 aromatic carbocycles. The fourth-order valence-electron chi connectivity index (χ4n) is 2.39. The molecule has 0 amide bonds. The van der Waals surface area contributed by atoms with Crippen LogP contribution in [0.2, 0.25) is 0 Å². The Morgan fingerprint density at radius 2 is 1.92 bits per heavy atom. The van der Waals surface area contributed by atoms with Crippen LogP contribution in [0.15, 0.2) is 0 Å². The van der Waals surface area contributed by atoms with Crippen molar-refractivity contribution in [2.24, 2.45) is 5.41 Å². The maximum absolute atomic E-state index is 3.52. The molecule has 13 heavy (non-hydrogen) atoms. The largest absolute Gasteiger partial charge is 0.317 e. The second-order valence-corrected chi connectivity index (χ2v) is 4.28. The Balaban J connectivity index is 2.40. The Bertz CT molecular complexity index is 123. The van der Waals surface area contributed by atoms with Crippen LogP contribution in [0.1, 0.15) is 39.5 Å². The summed E-state index contributed by atoms with van der Waals surface area (Å²) < 4.78 is 0. The van der Waals surface area contributed by atoms with Crippen molar-refractivity contribution < 1.29 is 0 Å². The molecule has 1 fully saturated rings. The minimum Gasteiger partial charge on any atom is -0.317 e. The van der Waals surface area contributed by atoms with Gasteiger partial charge in [-0.15, -0.1) is 0 Å². The quantitative estimate of drug-likeness (QED) is 0.680. The third-order valence-electron chi connectivity index (χ3n) is 3.19. The van der Waals surface area contributed by atoms with Crippen molar-refractivity contribution in [3.63, 3.8) is 0 Å². The molecule has 2 N–H and O–H groups in total. The van der Waals surface area contributed by atoms with Crippen molar-refractivity contribution >= 4 is 0 Å². The van der Waals surface area contributed by atoms with Crippen LogP contribution < -0.4 is 10.6 Å². The van der Waals surface area contributed by atoms with Crippen LogP contribution in [-0.2, 0) is 0 Å². The van der Waals surface area contributed by atoms with Gasteiger partial charge in [-0.1, -0.05) is 20.3 Å². The summed E-state index contributed by atoms with van der Waals surface area (Å²) in [7, 11) is 0. The first kappa shape index (κ1) is 11.0. The zero-order valence-corrected chi connectivity index (χ0v) is 9.16.